The van der Waals surface area contributed by atoms with Gasteiger partial charge in [0.25, 0.3) is 0 Å². The number of hydrogen-bond donors (Lipinski definition) is 2. The van der Waals surface area contributed by atoms with Gasteiger partial charge >= 0.3 is 26.2 Å². The Morgan fingerprint density at radius 2 is 0.957 bits per heavy atom. The molecule has 0 unspecified atom stereocenters. The maximum Gasteiger partial charge on any atom is 2.00 e. The zero-order valence-corrected chi connectivity index (χ0v) is 17.6. The van der Waals surface area contributed by atoms with Gasteiger partial charge in [0, 0.05) is 51.7 Å². The first-order chi connectivity index (χ1) is 9.40. The molecule has 0 atom stereocenters. The second kappa shape index (κ2) is 13.5. The predicted molar refractivity (Wildman–Crippen MR) is 84.9 cm³/mol. The Balaban J connectivity index is -0.000000308. The number of anilines is 2. The van der Waals surface area contributed by atoms with Crippen molar-refractivity contribution in [3.63, 3.8) is 0 Å². The summed E-state index contributed by atoms with van der Waals surface area (Å²) in [5.74, 6) is 0.623. The van der Waals surface area contributed by atoms with E-state index >= 15 is 0 Å². The van der Waals surface area contributed by atoms with Gasteiger partial charge in [0.2, 0.25) is 0 Å². The van der Waals surface area contributed by atoms with Crippen molar-refractivity contribution >= 4 is 11.4 Å². The summed E-state index contributed by atoms with van der Waals surface area (Å²) in [5.41, 5.74) is 2.03. The summed E-state index contributed by atoms with van der Waals surface area (Å²) in [4.78, 5) is 3.89. The summed E-state index contributed by atoms with van der Waals surface area (Å²) >= 11 is 0. The Morgan fingerprint density at radius 3 is 1.13 bits per heavy atom. The van der Waals surface area contributed by atoms with E-state index in [1.54, 1.807) is 24.3 Å². The third-order valence-corrected chi connectivity index (χ3v) is 2.69. The van der Waals surface area contributed by atoms with E-state index in [1.807, 2.05) is 62.3 Å². The minimum absolute atomic E-state index is 0. The molecule has 0 heterocycles. The van der Waals surface area contributed by atoms with Gasteiger partial charge in [-0.2, -0.15) is 0 Å². The SMILES string of the molecule is CN(C)c1cccc(O)c1.CN(C)c1cccc(O)c1.[Cl-].[Cl-].[Zr+2]. The van der Waals surface area contributed by atoms with E-state index in [2.05, 4.69) is 0 Å². The van der Waals surface area contributed by atoms with Crippen molar-refractivity contribution in [2.24, 2.45) is 0 Å². The average molecular weight is 436 g/mol. The van der Waals surface area contributed by atoms with Crippen molar-refractivity contribution in [1.29, 1.82) is 0 Å². The van der Waals surface area contributed by atoms with E-state index in [0.717, 1.165) is 11.4 Å². The van der Waals surface area contributed by atoms with Crippen LogP contribution in [0.25, 0.3) is 0 Å². The number of benzene rings is 2. The van der Waals surface area contributed by atoms with Gasteiger partial charge in [0.15, 0.2) is 0 Å². The molecule has 7 heteroatoms. The van der Waals surface area contributed by atoms with Crippen molar-refractivity contribution in [3.05, 3.63) is 48.5 Å². The van der Waals surface area contributed by atoms with Gasteiger partial charge in [0.05, 0.1) is 0 Å². The molecule has 126 valence electrons. The van der Waals surface area contributed by atoms with Gasteiger partial charge in [-0.15, -0.1) is 0 Å². The van der Waals surface area contributed by atoms with Crippen LogP contribution in [0.5, 0.6) is 11.5 Å². The summed E-state index contributed by atoms with van der Waals surface area (Å²) in [6.07, 6.45) is 0. The molecule has 0 radical (unpaired) electrons. The molecule has 0 aromatic heterocycles. The van der Waals surface area contributed by atoms with Gasteiger partial charge < -0.3 is 44.8 Å². The maximum atomic E-state index is 9.04. The molecule has 2 N–H and O–H groups in total. The largest absolute Gasteiger partial charge is 2.00 e. The molecule has 4 nitrogen and oxygen atoms in total. The molecule has 2 aromatic carbocycles. The van der Waals surface area contributed by atoms with E-state index in [1.165, 1.54) is 0 Å². The Morgan fingerprint density at radius 1 is 0.652 bits per heavy atom. The van der Waals surface area contributed by atoms with Crippen LogP contribution in [0.4, 0.5) is 11.4 Å². The molecular weight excluding hydrogens is 414 g/mol. The first-order valence-corrected chi connectivity index (χ1v) is 6.33. The minimum Gasteiger partial charge on any atom is -1.00 e. The van der Waals surface area contributed by atoms with Crippen LogP contribution in [-0.2, 0) is 26.2 Å². The number of aromatic hydroxyl groups is 2. The van der Waals surface area contributed by atoms with Crippen LogP contribution in [0.1, 0.15) is 0 Å². The monoisotopic (exact) mass is 434 g/mol. The van der Waals surface area contributed by atoms with Crippen molar-refractivity contribution < 1.29 is 61.2 Å². The summed E-state index contributed by atoms with van der Waals surface area (Å²) in [6.45, 7) is 0. The van der Waals surface area contributed by atoms with Crippen molar-refractivity contribution in [2.75, 3.05) is 38.0 Å². The fourth-order valence-electron chi connectivity index (χ4n) is 1.54. The van der Waals surface area contributed by atoms with Crippen LogP contribution in [0.15, 0.2) is 48.5 Å². The molecule has 2 rings (SSSR count). The molecule has 0 aliphatic heterocycles. The third kappa shape index (κ3) is 10.5. The predicted octanol–water partition coefficient (Wildman–Crippen LogP) is -3.08. The number of phenols is 2. The topological polar surface area (TPSA) is 46.9 Å². The van der Waals surface area contributed by atoms with Crippen LogP contribution in [0.3, 0.4) is 0 Å². The molecule has 0 amide bonds. The fraction of sp³-hybridized carbons (Fsp3) is 0.250. The molecule has 23 heavy (non-hydrogen) atoms. The Kier molecular flexibility index (Phi) is 15.9. The molecule has 0 aliphatic carbocycles. The average Bonchev–Trinajstić information content (AvgIpc) is 2.39. The van der Waals surface area contributed by atoms with E-state index in [0.29, 0.717) is 11.5 Å². The summed E-state index contributed by atoms with van der Waals surface area (Å²) < 4.78 is 0. The first kappa shape index (κ1) is 27.0. The number of rotatable bonds is 2. The number of phenolic OH excluding ortho intramolecular Hbond substituents is 2. The smallest absolute Gasteiger partial charge is 1.00 e. The summed E-state index contributed by atoms with van der Waals surface area (Å²) in [6, 6.07) is 14.3. The molecule has 0 fully saturated rings. The van der Waals surface area contributed by atoms with E-state index in [9.17, 15) is 0 Å². The van der Waals surface area contributed by atoms with Crippen LogP contribution in [0.2, 0.25) is 0 Å². The summed E-state index contributed by atoms with van der Waals surface area (Å²) in [5, 5.41) is 18.1. The van der Waals surface area contributed by atoms with Crippen molar-refractivity contribution in [2.45, 2.75) is 0 Å². The molecule has 0 bridgehead atoms. The zero-order chi connectivity index (χ0) is 15.1. The normalized spacial score (nSPS) is 8.17. The van der Waals surface area contributed by atoms with E-state index < -0.39 is 0 Å². The number of hydrogen-bond acceptors (Lipinski definition) is 4. The molecule has 0 saturated carbocycles. The minimum atomic E-state index is 0. The van der Waals surface area contributed by atoms with Gasteiger partial charge in [0.1, 0.15) is 11.5 Å². The molecule has 0 aliphatic rings. The van der Waals surface area contributed by atoms with E-state index in [-0.39, 0.29) is 51.0 Å². The number of halogens is 2. The van der Waals surface area contributed by atoms with Gasteiger partial charge in [-0.1, -0.05) is 12.1 Å². The maximum absolute atomic E-state index is 9.04. The molecular formula is C16H22Cl2N2O2Zr. The van der Waals surface area contributed by atoms with Crippen LogP contribution < -0.4 is 34.6 Å². The Bertz CT molecular complexity index is 506. The Hall–Kier alpha value is -0.897. The van der Waals surface area contributed by atoms with Crippen molar-refractivity contribution in [1.82, 2.24) is 0 Å². The van der Waals surface area contributed by atoms with Crippen LogP contribution >= 0.6 is 0 Å². The van der Waals surface area contributed by atoms with Crippen molar-refractivity contribution in [3.8, 4) is 11.5 Å². The van der Waals surface area contributed by atoms with Gasteiger partial charge in [-0.3, -0.25) is 0 Å². The standard InChI is InChI=1S/2C8H11NO.2ClH.Zr/c2*1-9(2)7-4-3-5-8(10)6-7;;;/h2*3-6,10H,1-2H3;2*1H;/q;;;;+2/p-2. The van der Waals surface area contributed by atoms with Crippen LogP contribution in [0, 0.1) is 0 Å². The number of nitrogens with zero attached hydrogens (tertiary/aromatic N) is 2. The third-order valence-electron chi connectivity index (χ3n) is 2.69. The fourth-order valence-corrected chi connectivity index (χ4v) is 1.54. The van der Waals surface area contributed by atoms with Crippen LogP contribution in [-0.4, -0.2) is 38.4 Å². The molecule has 0 saturated heterocycles. The second-order valence-electron chi connectivity index (χ2n) is 4.83. The Labute approximate surface area is 170 Å². The summed E-state index contributed by atoms with van der Waals surface area (Å²) in [7, 11) is 7.76. The van der Waals surface area contributed by atoms with Gasteiger partial charge in [-0.25, -0.2) is 0 Å². The second-order valence-corrected chi connectivity index (χ2v) is 4.83. The molecule has 2 aromatic rings. The molecule has 0 spiro atoms. The van der Waals surface area contributed by atoms with Gasteiger partial charge in [-0.05, 0) is 24.3 Å². The quantitative estimate of drug-likeness (QED) is 0.525. The first-order valence-electron chi connectivity index (χ1n) is 6.33. The zero-order valence-electron chi connectivity index (χ0n) is 13.7. The van der Waals surface area contributed by atoms with E-state index in [4.69, 9.17) is 10.2 Å².